The highest BCUT2D eigenvalue weighted by molar-refractivity contribution is 7.98. The molecule has 2 heterocycles. The van der Waals surface area contributed by atoms with Crippen LogP contribution in [0.25, 0.3) is 0 Å². The van der Waals surface area contributed by atoms with E-state index in [0.29, 0.717) is 5.56 Å². The molecule has 0 N–H and O–H groups in total. The zero-order valence-corrected chi connectivity index (χ0v) is 9.31. The van der Waals surface area contributed by atoms with E-state index in [-0.39, 0.29) is 0 Å². The van der Waals surface area contributed by atoms with Gasteiger partial charge in [-0.1, -0.05) is 0 Å². The molecule has 0 amide bonds. The van der Waals surface area contributed by atoms with Crippen LogP contribution in [0.3, 0.4) is 0 Å². The number of hydrogen-bond acceptors (Lipinski definition) is 4. The van der Waals surface area contributed by atoms with E-state index in [1.807, 2.05) is 12.1 Å². The van der Waals surface area contributed by atoms with Crippen LogP contribution in [0.1, 0.15) is 11.1 Å². The van der Waals surface area contributed by atoms with Gasteiger partial charge < -0.3 is 0 Å². The van der Waals surface area contributed by atoms with Crippen molar-refractivity contribution in [3.05, 3.63) is 54.0 Å². The van der Waals surface area contributed by atoms with Gasteiger partial charge in [-0.2, -0.15) is 5.26 Å². The molecule has 78 valence electrons. The van der Waals surface area contributed by atoms with Gasteiger partial charge in [-0.25, -0.2) is 4.98 Å². The van der Waals surface area contributed by atoms with Gasteiger partial charge in [0.15, 0.2) is 0 Å². The molecule has 0 unspecified atom stereocenters. The van der Waals surface area contributed by atoms with Crippen LogP contribution in [0, 0.1) is 11.3 Å². The predicted octanol–water partition coefficient (Wildman–Crippen LogP) is 2.64. The highest BCUT2D eigenvalue weighted by Crippen LogP contribution is 2.20. The van der Waals surface area contributed by atoms with Gasteiger partial charge in [0, 0.05) is 24.3 Å². The largest absolute Gasteiger partial charge is 0.265 e. The maximum Gasteiger partial charge on any atom is 0.0993 e. The molecule has 0 spiro atoms. The third kappa shape index (κ3) is 2.81. The lowest BCUT2D eigenvalue weighted by molar-refractivity contribution is 1.12. The quantitative estimate of drug-likeness (QED) is 0.756. The van der Waals surface area contributed by atoms with Crippen LogP contribution in [0.5, 0.6) is 0 Å². The lowest BCUT2D eigenvalue weighted by Crippen LogP contribution is -1.84. The second-order valence-electron chi connectivity index (χ2n) is 3.14. The summed E-state index contributed by atoms with van der Waals surface area (Å²) >= 11 is 1.61. The maximum absolute atomic E-state index is 8.75. The van der Waals surface area contributed by atoms with Crippen LogP contribution in [0.15, 0.2) is 47.9 Å². The molecule has 0 saturated carbocycles. The van der Waals surface area contributed by atoms with E-state index in [2.05, 4.69) is 16.0 Å². The van der Waals surface area contributed by atoms with Crippen molar-refractivity contribution in [1.82, 2.24) is 9.97 Å². The summed E-state index contributed by atoms with van der Waals surface area (Å²) in [4.78, 5) is 8.16. The minimum absolute atomic E-state index is 0.646. The topological polar surface area (TPSA) is 49.6 Å². The molecule has 0 aliphatic carbocycles. The first-order valence-corrected chi connectivity index (χ1v) is 5.75. The SMILES string of the molecule is N#Cc1ccnc(SCc2ccncc2)c1. The number of pyridine rings is 2. The molecule has 0 aliphatic heterocycles. The summed E-state index contributed by atoms with van der Waals surface area (Å²) < 4.78 is 0. The second-order valence-corrected chi connectivity index (χ2v) is 4.13. The molecule has 0 fully saturated rings. The third-order valence-corrected chi connectivity index (χ3v) is 3.00. The zero-order valence-electron chi connectivity index (χ0n) is 8.50. The molecule has 0 atom stereocenters. The zero-order chi connectivity index (χ0) is 11.2. The molecule has 3 nitrogen and oxygen atoms in total. The summed E-state index contributed by atoms with van der Waals surface area (Å²) in [6, 6.07) is 9.55. The summed E-state index contributed by atoms with van der Waals surface area (Å²) in [6.45, 7) is 0. The van der Waals surface area contributed by atoms with Crippen LogP contribution in [-0.4, -0.2) is 9.97 Å². The Balaban J connectivity index is 2.03. The summed E-state index contributed by atoms with van der Waals surface area (Å²) in [6.07, 6.45) is 5.21. The van der Waals surface area contributed by atoms with Gasteiger partial charge in [-0.05, 0) is 29.8 Å². The molecule has 16 heavy (non-hydrogen) atoms. The molecule has 0 aromatic carbocycles. The Bertz CT molecular complexity index is 505. The number of nitriles is 1. The molecule has 0 saturated heterocycles. The van der Waals surface area contributed by atoms with Crippen molar-refractivity contribution < 1.29 is 0 Å². The summed E-state index contributed by atoms with van der Waals surface area (Å²) in [5.41, 5.74) is 1.84. The molecular weight excluding hydrogens is 218 g/mol. The Morgan fingerprint density at radius 3 is 2.75 bits per heavy atom. The van der Waals surface area contributed by atoms with Gasteiger partial charge in [-0.15, -0.1) is 11.8 Å². The fraction of sp³-hybridized carbons (Fsp3) is 0.0833. The van der Waals surface area contributed by atoms with E-state index in [1.54, 1.807) is 42.5 Å². The van der Waals surface area contributed by atoms with Crippen molar-refractivity contribution in [2.24, 2.45) is 0 Å². The van der Waals surface area contributed by atoms with Gasteiger partial charge in [-0.3, -0.25) is 4.98 Å². The van der Waals surface area contributed by atoms with Gasteiger partial charge >= 0.3 is 0 Å². The molecule has 4 heteroatoms. The van der Waals surface area contributed by atoms with E-state index in [4.69, 9.17) is 5.26 Å². The van der Waals surface area contributed by atoms with E-state index >= 15 is 0 Å². The van der Waals surface area contributed by atoms with Gasteiger partial charge in [0.2, 0.25) is 0 Å². The van der Waals surface area contributed by atoms with E-state index in [9.17, 15) is 0 Å². The first kappa shape index (κ1) is 10.7. The van der Waals surface area contributed by atoms with Crippen molar-refractivity contribution in [3.63, 3.8) is 0 Å². The summed E-state index contributed by atoms with van der Waals surface area (Å²) in [7, 11) is 0. The normalized spacial score (nSPS) is 9.69. The molecule has 2 aromatic rings. The van der Waals surface area contributed by atoms with Crippen molar-refractivity contribution in [2.45, 2.75) is 10.8 Å². The molecule has 2 rings (SSSR count). The van der Waals surface area contributed by atoms with Crippen LogP contribution in [-0.2, 0) is 5.75 Å². The predicted molar refractivity (Wildman–Crippen MR) is 62.8 cm³/mol. The second kappa shape index (κ2) is 5.29. The van der Waals surface area contributed by atoms with E-state index in [0.717, 1.165) is 10.8 Å². The molecule has 0 bridgehead atoms. The highest BCUT2D eigenvalue weighted by Gasteiger charge is 1.98. The first-order valence-electron chi connectivity index (χ1n) is 4.76. The van der Waals surface area contributed by atoms with Crippen molar-refractivity contribution >= 4 is 11.8 Å². The lowest BCUT2D eigenvalue weighted by atomic mass is 10.3. The molecule has 0 radical (unpaired) electrons. The Labute approximate surface area is 98.2 Å². The third-order valence-electron chi connectivity index (χ3n) is 2.00. The Kier molecular flexibility index (Phi) is 3.52. The monoisotopic (exact) mass is 227 g/mol. The maximum atomic E-state index is 8.75. The molecule has 2 aromatic heterocycles. The van der Waals surface area contributed by atoms with Crippen LogP contribution >= 0.6 is 11.8 Å². The van der Waals surface area contributed by atoms with E-state index < -0.39 is 0 Å². The fourth-order valence-corrected chi connectivity index (χ4v) is 2.05. The van der Waals surface area contributed by atoms with Crippen LogP contribution in [0.4, 0.5) is 0 Å². The average Bonchev–Trinajstić information content (AvgIpc) is 2.38. The number of thioether (sulfide) groups is 1. The lowest BCUT2D eigenvalue weighted by Gasteiger charge is -2.00. The fourth-order valence-electron chi connectivity index (χ4n) is 1.19. The Hall–Kier alpha value is -1.86. The number of nitrogens with zero attached hydrogens (tertiary/aromatic N) is 3. The number of rotatable bonds is 3. The van der Waals surface area contributed by atoms with E-state index in [1.165, 1.54) is 5.56 Å². The Morgan fingerprint density at radius 1 is 1.19 bits per heavy atom. The van der Waals surface area contributed by atoms with Gasteiger partial charge in [0.05, 0.1) is 16.7 Å². The average molecular weight is 227 g/mol. The van der Waals surface area contributed by atoms with Crippen molar-refractivity contribution in [2.75, 3.05) is 0 Å². The first-order chi connectivity index (χ1) is 7.88. The standard InChI is InChI=1S/C12H9N3S/c13-8-11-3-6-15-12(7-11)16-9-10-1-4-14-5-2-10/h1-7H,9H2. The number of aromatic nitrogens is 2. The van der Waals surface area contributed by atoms with Gasteiger partial charge in [0.1, 0.15) is 0 Å². The molecular formula is C12H9N3S. The van der Waals surface area contributed by atoms with Crippen molar-refractivity contribution in [3.8, 4) is 6.07 Å². The van der Waals surface area contributed by atoms with Gasteiger partial charge in [0.25, 0.3) is 0 Å². The minimum Gasteiger partial charge on any atom is -0.265 e. The summed E-state index contributed by atoms with van der Waals surface area (Å²) in [5, 5.41) is 9.62. The Morgan fingerprint density at radius 2 is 2.00 bits per heavy atom. The minimum atomic E-state index is 0.646. The van der Waals surface area contributed by atoms with Crippen molar-refractivity contribution in [1.29, 1.82) is 5.26 Å². The van der Waals surface area contributed by atoms with Crippen LogP contribution in [0.2, 0.25) is 0 Å². The summed E-state index contributed by atoms with van der Waals surface area (Å²) in [5.74, 6) is 0.838. The number of hydrogen-bond donors (Lipinski definition) is 0. The van der Waals surface area contributed by atoms with Crippen LogP contribution < -0.4 is 0 Å². The smallest absolute Gasteiger partial charge is 0.0993 e. The molecule has 0 aliphatic rings. The highest BCUT2D eigenvalue weighted by atomic mass is 32.2.